The van der Waals surface area contributed by atoms with E-state index in [2.05, 4.69) is 5.32 Å². The van der Waals surface area contributed by atoms with Crippen molar-refractivity contribution in [2.75, 3.05) is 5.32 Å². The Morgan fingerprint density at radius 2 is 1.75 bits per heavy atom. The molecule has 0 aliphatic rings. The topological polar surface area (TPSA) is 72.2 Å². The second-order valence-electron chi connectivity index (χ2n) is 6.13. The fourth-order valence-corrected chi connectivity index (χ4v) is 3.67. The Balaban J connectivity index is 1.91. The van der Waals surface area contributed by atoms with E-state index in [4.69, 9.17) is 0 Å². The molecule has 0 aromatic heterocycles. The first-order valence-corrected chi connectivity index (χ1v) is 9.35. The fraction of sp³-hybridized carbons (Fsp3) is 0.0952. The molecule has 5 nitrogen and oxygen atoms in total. The fourth-order valence-electron chi connectivity index (χ4n) is 2.65. The molecule has 0 saturated carbocycles. The van der Waals surface area contributed by atoms with Gasteiger partial charge in [-0.15, -0.1) is 11.8 Å². The van der Waals surface area contributed by atoms with E-state index in [9.17, 15) is 19.3 Å². The number of halogens is 1. The summed E-state index contributed by atoms with van der Waals surface area (Å²) >= 11 is 1.25. The summed E-state index contributed by atoms with van der Waals surface area (Å²) in [5.74, 6) is -0.757. The van der Waals surface area contributed by atoms with Crippen LogP contribution in [0.15, 0.2) is 77.7 Å². The van der Waals surface area contributed by atoms with Crippen molar-refractivity contribution in [2.24, 2.45) is 0 Å². The minimum Gasteiger partial charge on any atom is -0.319 e. The van der Waals surface area contributed by atoms with E-state index < -0.39 is 16.1 Å². The highest BCUT2D eigenvalue weighted by Crippen LogP contribution is 2.37. The summed E-state index contributed by atoms with van der Waals surface area (Å²) in [4.78, 5) is 24.5. The number of benzene rings is 3. The lowest BCUT2D eigenvalue weighted by molar-refractivity contribution is -0.384. The molecule has 1 amide bonds. The lowest BCUT2D eigenvalue weighted by atomic mass is 10.1. The van der Waals surface area contributed by atoms with Gasteiger partial charge in [-0.3, -0.25) is 14.9 Å². The van der Waals surface area contributed by atoms with Crippen LogP contribution >= 0.6 is 11.8 Å². The molecule has 0 aliphatic carbocycles. The molecule has 0 spiro atoms. The van der Waals surface area contributed by atoms with Crippen molar-refractivity contribution >= 4 is 29.0 Å². The number of thioether (sulfide) groups is 1. The number of aryl methyl sites for hydroxylation is 1. The quantitative estimate of drug-likeness (QED) is 0.339. The average Bonchev–Trinajstić information content (AvgIpc) is 2.69. The second kappa shape index (κ2) is 8.67. The third-order valence-electron chi connectivity index (χ3n) is 4.02. The van der Waals surface area contributed by atoms with Crippen LogP contribution in [0, 0.1) is 22.9 Å². The van der Waals surface area contributed by atoms with E-state index in [-0.39, 0.29) is 17.2 Å². The Kier molecular flexibility index (Phi) is 6.06. The van der Waals surface area contributed by atoms with Crippen LogP contribution in [0.4, 0.5) is 15.8 Å². The van der Waals surface area contributed by atoms with Gasteiger partial charge in [-0.1, -0.05) is 36.4 Å². The van der Waals surface area contributed by atoms with E-state index in [1.54, 1.807) is 25.1 Å². The van der Waals surface area contributed by atoms with E-state index >= 15 is 0 Å². The summed E-state index contributed by atoms with van der Waals surface area (Å²) in [6.07, 6.45) is 0. The number of hydrogen-bond donors (Lipinski definition) is 1. The van der Waals surface area contributed by atoms with Gasteiger partial charge in [-0.05, 0) is 48.4 Å². The number of nitrogens with zero attached hydrogens (tertiary/aromatic N) is 1. The summed E-state index contributed by atoms with van der Waals surface area (Å²) in [5, 5.41) is 13.3. The molecule has 0 radical (unpaired) electrons. The van der Waals surface area contributed by atoms with Gasteiger partial charge < -0.3 is 5.32 Å². The Hall–Kier alpha value is -3.19. The first-order valence-electron chi connectivity index (χ1n) is 8.47. The van der Waals surface area contributed by atoms with Gasteiger partial charge >= 0.3 is 0 Å². The van der Waals surface area contributed by atoms with Crippen LogP contribution in [0.5, 0.6) is 0 Å². The number of nitro groups is 1. The van der Waals surface area contributed by atoms with E-state index in [1.807, 2.05) is 30.3 Å². The third kappa shape index (κ3) is 4.75. The van der Waals surface area contributed by atoms with Crippen molar-refractivity contribution in [1.29, 1.82) is 0 Å². The molecule has 3 rings (SSSR count). The predicted molar refractivity (Wildman–Crippen MR) is 108 cm³/mol. The van der Waals surface area contributed by atoms with Crippen molar-refractivity contribution in [2.45, 2.75) is 17.1 Å². The van der Waals surface area contributed by atoms with Crippen LogP contribution in [-0.4, -0.2) is 10.8 Å². The molecule has 0 fully saturated rings. The molecule has 0 unspecified atom stereocenters. The number of nitro benzene ring substituents is 1. The van der Waals surface area contributed by atoms with Crippen molar-refractivity contribution in [3.8, 4) is 0 Å². The summed E-state index contributed by atoms with van der Waals surface area (Å²) < 4.78 is 13.2. The number of hydrogen-bond acceptors (Lipinski definition) is 4. The van der Waals surface area contributed by atoms with Crippen LogP contribution in [0.25, 0.3) is 0 Å². The van der Waals surface area contributed by atoms with Crippen LogP contribution in [0.2, 0.25) is 0 Å². The molecule has 0 bridgehead atoms. The molecular weight excluding hydrogens is 379 g/mol. The minimum atomic E-state index is -0.660. The molecule has 28 heavy (non-hydrogen) atoms. The van der Waals surface area contributed by atoms with Gasteiger partial charge in [-0.2, -0.15) is 0 Å². The van der Waals surface area contributed by atoms with Crippen molar-refractivity contribution < 1.29 is 14.1 Å². The first kappa shape index (κ1) is 19.6. The second-order valence-corrected chi connectivity index (χ2v) is 7.31. The largest absolute Gasteiger partial charge is 0.319 e. The molecule has 1 atom stereocenters. The molecular formula is C21H17FN2O3S. The monoisotopic (exact) mass is 396 g/mol. The van der Waals surface area contributed by atoms with E-state index in [0.29, 0.717) is 4.90 Å². The van der Waals surface area contributed by atoms with Crippen LogP contribution < -0.4 is 5.32 Å². The third-order valence-corrected chi connectivity index (χ3v) is 5.28. The molecule has 0 heterocycles. The van der Waals surface area contributed by atoms with E-state index in [0.717, 1.165) is 11.1 Å². The van der Waals surface area contributed by atoms with Gasteiger partial charge in [0.05, 0.1) is 4.92 Å². The highest BCUT2D eigenvalue weighted by molar-refractivity contribution is 8.00. The number of amides is 1. The molecule has 7 heteroatoms. The summed E-state index contributed by atoms with van der Waals surface area (Å²) in [6, 6.07) is 19.6. The predicted octanol–water partition coefficient (Wildman–Crippen LogP) is 5.51. The smallest absolute Gasteiger partial charge is 0.293 e. The van der Waals surface area contributed by atoms with Gasteiger partial charge in [0, 0.05) is 11.0 Å². The lowest BCUT2D eigenvalue weighted by Gasteiger charge is -2.17. The number of nitrogens with one attached hydrogen (secondary N) is 1. The van der Waals surface area contributed by atoms with Crippen molar-refractivity contribution in [1.82, 2.24) is 0 Å². The van der Waals surface area contributed by atoms with Gasteiger partial charge in [0.25, 0.3) is 5.69 Å². The number of carbonyl (C=O) groups excluding carboxylic acids is 1. The van der Waals surface area contributed by atoms with E-state index in [1.165, 1.54) is 36.0 Å². The number of rotatable bonds is 6. The van der Waals surface area contributed by atoms with Gasteiger partial charge in [0.1, 0.15) is 16.8 Å². The lowest BCUT2D eigenvalue weighted by Crippen LogP contribution is -2.19. The average molecular weight is 396 g/mol. The minimum absolute atomic E-state index is 0.140. The normalized spacial score (nSPS) is 11.6. The molecule has 0 saturated heterocycles. The molecule has 1 N–H and O–H groups in total. The SMILES string of the molecule is Cc1ccc(NC(=O)[C@H](Sc2ccc(F)cc2)c2ccccc2)c([N+](=O)[O-])c1. The molecule has 3 aromatic rings. The highest BCUT2D eigenvalue weighted by atomic mass is 32.2. The maximum atomic E-state index is 13.2. The summed E-state index contributed by atoms with van der Waals surface area (Å²) in [7, 11) is 0. The molecule has 3 aromatic carbocycles. The Labute approximate surface area is 165 Å². The van der Waals surface area contributed by atoms with Gasteiger partial charge in [-0.25, -0.2) is 4.39 Å². The summed E-state index contributed by atoms with van der Waals surface area (Å²) in [5.41, 5.74) is 1.45. The van der Waals surface area contributed by atoms with Crippen molar-refractivity contribution in [3.05, 3.63) is 99.9 Å². The van der Waals surface area contributed by atoms with Crippen LogP contribution in [0.1, 0.15) is 16.4 Å². The zero-order valence-corrected chi connectivity index (χ0v) is 15.8. The molecule has 0 aliphatic heterocycles. The Morgan fingerprint density at radius 1 is 1.07 bits per heavy atom. The zero-order valence-electron chi connectivity index (χ0n) is 15.0. The molecule has 142 valence electrons. The Bertz CT molecular complexity index is 994. The van der Waals surface area contributed by atoms with Crippen molar-refractivity contribution in [3.63, 3.8) is 0 Å². The van der Waals surface area contributed by atoms with Crippen LogP contribution in [-0.2, 0) is 4.79 Å². The number of carbonyl (C=O) groups is 1. The first-order chi connectivity index (χ1) is 13.4. The van der Waals surface area contributed by atoms with Gasteiger partial charge in [0.15, 0.2) is 0 Å². The maximum Gasteiger partial charge on any atom is 0.293 e. The van der Waals surface area contributed by atoms with Gasteiger partial charge in [0.2, 0.25) is 5.91 Å². The number of anilines is 1. The summed E-state index contributed by atoms with van der Waals surface area (Å²) in [6.45, 7) is 1.75. The Morgan fingerprint density at radius 3 is 2.39 bits per heavy atom. The standard InChI is InChI=1S/C21H17FN2O3S/c1-14-7-12-18(19(13-14)24(26)27)23-21(25)20(15-5-3-2-4-6-15)28-17-10-8-16(22)9-11-17/h2-13,20H,1H3,(H,23,25)/t20-/m1/s1. The maximum absolute atomic E-state index is 13.2. The van der Waals surface area contributed by atoms with Crippen LogP contribution in [0.3, 0.4) is 0 Å². The highest BCUT2D eigenvalue weighted by Gasteiger charge is 2.25. The zero-order chi connectivity index (χ0) is 20.1.